The summed E-state index contributed by atoms with van der Waals surface area (Å²) in [6, 6.07) is 34.3. The standard InChI is InChI=1S/C38H30N4O7S/c1-24-12-15-28(38(46)47)23-32(24)40-37(45)34(26-8-4-2-5-9-26)50-31-20-16-29(17-21-31)39-36(44)33(41-35(43)27-10-6-3-7-11-27)22-25-13-18-30(19-14-25)42(48)49/h2-23,34H,1H3,(H,39,44)(H,40,45)(H,41,43)(H,46,47)/b33-22-. The lowest BCUT2D eigenvalue weighted by molar-refractivity contribution is -0.384. The second kappa shape index (κ2) is 16.0. The molecule has 4 N–H and O–H groups in total. The molecule has 1 atom stereocenters. The van der Waals surface area contributed by atoms with Crippen molar-refractivity contribution in [1.29, 1.82) is 0 Å². The van der Waals surface area contributed by atoms with Crippen molar-refractivity contribution in [2.24, 2.45) is 0 Å². The summed E-state index contributed by atoms with van der Waals surface area (Å²) >= 11 is 1.27. The van der Waals surface area contributed by atoms with E-state index in [2.05, 4.69) is 16.0 Å². The van der Waals surface area contributed by atoms with Gasteiger partial charge in [0, 0.05) is 34.0 Å². The number of benzene rings is 5. The molecule has 0 saturated heterocycles. The van der Waals surface area contributed by atoms with Gasteiger partial charge in [0.1, 0.15) is 10.9 Å². The first-order valence-corrected chi connectivity index (χ1v) is 16.1. The molecule has 0 aliphatic rings. The number of carbonyl (C=O) groups is 4. The molecule has 1 unspecified atom stereocenters. The molecule has 11 nitrogen and oxygen atoms in total. The maximum absolute atomic E-state index is 13.6. The molecule has 3 amide bonds. The fraction of sp³-hybridized carbons (Fsp3) is 0.0526. The number of nitro groups is 1. The quantitative estimate of drug-likeness (QED) is 0.0453. The molecule has 5 rings (SSSR count). The summed E-state index contributed by atoms with van der Waals surface area (Å²) in [6.45, 7) is 1.78. The topological polar surface area (TPSA) is 168 Å². The molecule has 250 valence electrons. The predicted molar refractivity (Wildman–Crippen MR) is 192 cm³/mol. The smallest absolute Gasteiger partial charge is 0.335 e. The Balaban J connectivity index is 1.34. The summed E-state index contributed by atoms with van der Waals surface area (Å²) in [5.41, 5.74) is 2.88. The molecule has 50 heavy (non-hydrogen) atoms. The minimum Gasteiger partial charge on any atom is -0.478 e. The Morgan fingerprint density at radius 3 is 2.04 bits per heavy atom. The molecular formula is C38H30N4O7S. The van der Waals surface area contributed by atoms with Gasteiger partial charge in [-0.25, -0.2) is 4.79 Å². The summed E-state index contributed by atoms with van der Waals surface area (Å²) < 4.78 is 0. The number of carboxylic acids is 1. The van der Waals surface area contributed by atoms with Gasteiger partial charge in [-0.05, 0) is 90.4 Å². The number of hydrogen-bond acceptors (Lipinski definition) is 7. The number of aryl methyl sites for hydroxylation is 1. The molecule has 0 aliphatic carbocycles. The van der Waals surface area contributed by atoms with Crippen molar-refractivity contribution < 1.29 is 29.2 Å². The fourth-order valence-electron chi connectivity index (χ4n) is 4.74. The van der Waals surface area contributed by atoms with Gasteiger partial charge in [-0.1, -0.05) is 54.6 Å². The highest BCUT2D eigenvalue weighted by Crippen LogP contribution is 2.37. The van der Waals surface area contributed by atoms with Crippen LogP contribution < -0.4 is 16.0 Å². The highest BCUT2D eigenvalue weighted by molar-refractivity contribution is 8.00. The van der Waals surface area contributed by atoms with E-state index in [0.717, 1.165) is 5.56 Å². The normalized spacial score (nSPS) is 11.6. The molecular weight excluding hydrogens is 657 g/mol. The van der Waals surface area contributed by atoms with Gasteiger partial charge >= 0.3 is 5.97 Å². The van der Waals surface area contributed by atoms with E-state index in [-0.39, 0.29) is 22.9 Å². The Labute approximate surface area is 291 Å². The van der Waals surface area contributed by atoms with Crippen LogP contribution in [0.1, 0.15) is 42.7 Å². The highest BCUT2D eigenvalue weighted by Gasteiger charge is 2.23. The van der Waals surface area contributed by atoms with Crippen LogP contribution in [0.2, 0.25) is 0 Å². The van der Waals surface area contributed by atoms with E-state index in [1.165, 1.54) is 54.2 Å². The monoisotopic (exact) mass is 686 g/mol. The molecule has 0 spiro atoms. The van der Waals surface area contributed by atoms with E-state index < -0.39 is 28.0 Å². The Morgan fingerprint density at radius 1 is 0.780 bits per heavy atom. The summed E-state index contributed by atoms with van der Waals surface area (Å²) in [5.74, 6) is -2.60. The number of aromatic carboxylic acids is 1. The van der Waals surface area contributed by atoms with E-state index in [4.69, 9.17) is 0 Å². The number of rotatable bonds is 12. The maximum atomic E-state index is 13.6. The summed E-state index contributed by atoms with van der Waals surface area (Å²) in [4.78, 5) is 62.8. The van der Waals surface area contributed by atoms with Gasteiger partial charge in [0.15, 0.2) is 0 Å². The minimum atomic E-state index is -1.10. The van der Waals surface area contributed by atoms with Crippen molar-refractivity contribution in [3.05, 3.63) is 171 Å². The zero-order valence-electron chi connectivity index (χ0n) is 26.5. The number of amides is 3. The van der Waals surface area contributed by atoms with Crippen LogP contribution in [0.4, 0.5) is 17.1 Å². The number of carbonyl (C=O) groups excluding carboxylic acids is 3. The van der Waals surface area contributed by atoms with Crippen LogP contribution in [0.5, 0.6) is 0 Å². The van der Waals surface area contributed by atoms with Crippen LogP contribution in [0.15, 0.2) is 138 Å². The number of nitro benzene ring substituents is 1. The van der Waals surface area contributed by atoms with Crippen LogP contribution in [-0.2, 0) is 9.59 Å². The highest BCUT2D eigenvalue weighted by atomic mass is 32.2. The van der Waals surface area contributed by atoms with Gasteiger partial charge in [-0.15, -0.1) is 11.8 Å². The molecule has 0 aliphatic heterocycles. The molecule has 0 saturated carbocycles. The fourth-order valence-corrected chi connectivity index (χ4v) is 5.77. The van der Waals surface area contributed by atoms with Crippen molar-refractivity contribution in [2.45, 2.75) is 17.1 Å². The van der Waals surface area contributed by atoms with Crippen molar-refractivity contribution >= 4 is 58.6 Å². The van der Waals surface area contributed by atoms with Crippen LogP contribution in [0.25, 0.3) is 6.08 Å². The molecule has 12 heteroatoms. The maximum Gasteiger partial charge on any atom is 0.335 e. The Morgan fingerprint density at radius 2 is 1.42 bits per heavy atom. The van der Waals surface area contributed by atoms with Crippen molar-refractivity contribution in [3.8, 4) is 0 Å². The average Bonchev–Trinajstić information content (AvgIpc) is 3.12. The lowest BCUT2D eigenvalue weighted by Gasteiger charge is -2.18. The van der Waals surface area contributed by atoms with E-state index >= 15 is 0 Å². The number of nitrogens with one attached hydrogen (secondary N) is 3. The van der Waals surface area contributed by atoms with E-state index in [0.29, 0.717) is 33.0 Å². The molecule has 0 aromatic heterocycles. The average molecular weight is 687 g/mol. The zero-order valence-corrected chi connectivity index (χ0v) is 27.3. The van der Waals surface area contributed by atoms with Gasteiger partial charge in [0.25, 0.3) is 17.5 Å². The first kappa shape index (κ1) is 34.8. The molecule has 0 bridgehead atoms. The number of anilines is 2. The second-order valence-corrected chi connectivity index (χ2v) is 12.1. The SMILES string of the molecule is Cc1ccc(C(=O)O)cc1NC(=O)C(Sc1ccc(NC(=O)/C(=C/c2ccc([N+](=O)[O-])cc2)NC(=O)c2ccccc2)cc1)c1ccccc1. The minimum absolute atomic E-state index is 0.0535. The molecule has 0 radical (unpaired) electrons. The van der Waals surface area contributed by atoms with Crippen LogP contribution in [0.3, 0.4) is 0 Å². The molecule has 0 fully saturated rings. The second-order valence-electron chi connectivity index (χ2n) is 10.9. The van der Waals surface area contributed by atoms with Gasteiger partial charge in [-0.3, -0.25) is 24.5 Å². The Bertz CT molecular complexity index is 2070. The molecule has 5 aromatic rings. The van der Waals surface area contributed by atoms with Gasteiger partial charge < -0.3 is 21.1 Å². The number of non-ortho nitro benzene ring substituents is 1. The zero-order chi connectivity index (χ0) is 35.6. The largest absolute Gasteiger partial charge is 0.478 e. The van der Waals surface area contributed by atoms with Gasteiger partial charge in [-0.2, -0.15) is 0 Å². The third kappa shape index (κ3) is 9.08. The number of nitrogens with zero attached hydrogens (tertiary/aromatic N) is 1. The summed E-state index contributed by atoms with van der Waals surface area (Å²) in [6.07, 6.45) is 1.42. The van der Waals surface area contributed by atoms with E-state index in [9.17, 15) is 34.4 Å². The van der Waals surface area contributed by atoms with Crippen molar-refractivity contribution in [2.75, 3.05) is 10.6 Å². The van der Waals surface area contributed by atoms with Gasteiger partial charge in [0.05, 0.1) is 10.5 Å². The molecule has 5 aromatic carbocycles. The first-order valence-electron chi connectivity index (χ1n) is 15.2. The number of hydrogen-bond donors (Lipinski definition) is 4. The van der Waals surface area contributed by atoms with Crippen molar-refractivity contribution in [3.63, 3.8) is 0 Å². The Kier molecular flexibility index (Phi) is 11.2. The lowest BCUT2D eigenvalue weighted by Crippen LogP contribution is -2.30. The number of carboxylic acid groups (broad SMARTS) is 1. The molecule has 0 heterocycles. The summed E-state index contributed by atoms with van der Waals surface area (Å²) in [7, 11) is 0. The van der Waals surface area contributed by atoms with Gasteiger partial charge in [0.2, 0.25) is 5.91 Å². The first-order chi connectivity index (χ1) is 24.1. The third-order valence-electron chi connectivity index (χ3n) is 7.39. The van der Waals surface area contributed by atoms with Crippen LogP contribution in [-0.4, -0.2) is 33.7 Å². The van der Waals surface area contributed by atoms with Crippen LogP contribution >= 0.6 is 11.8 Å². The van der Waals surface area contributed by atoms with E-state index in [1.54, 1.807) is 67.6 Å². The third-order valence-corrected chi connectivity index (χ3v) is 8.66. The predicted octanol–water partition coefficient (Wildman–Crippen LogP) is 7.48. The lowest BCUT2D eigenvalue weighted by atomic mass is 10.1. The Hall–Kier alpha value is -6.53. The van der Waals surface area contributed by atoms with Crippen molar-refractivity contribution in [1.82, 2.24) is 5.32 Å². The number of thioether (sulfide) groups is 1. The van der Waals surface area contributed by atoms with E-state index in [1.807, 2.05) is 30.3 Å². The summed E-state index contributed by atoms with van der Waals surface area (Å²) in [5, 5.41) is 28.1. The van der Waals surface area contributed by atoms with Crippen LogP contribution in [0, 0.1) is 17.0 Å².